The predicted molar refractivity (Wildman–Crippen MR) is 108 cm³/mol. The van der Waals surface area contributed by atoms with Crippen LogP contribution in [-0.4, -0.2) is 21.6 Å². The van der Waals surface area contributed by atoms with E-state index >= 15 is 0 Å². The van der Waals surface area contributed by atoms with Crippen molar-refractivity contribution in [2.45, 2.75) is 32.7 Å². The summed E-state index contributed by atoms with van der Waals surface area (Å²) in [6.07, 6.45) is 2.06. The Morgan fingerprint density at radius 2 is 2.04 bits per heavy atom. The second kappa shape index (κ2) is 7.13. The van der Waals surface area contributed by atoms with Crippen molar-refractivity contribution in [2.75, 3.05) is 10.2 Å². The molecule has 1 aromatic carbocycles. The summed E-state index contributed by atoms with van der Waals surface area (Å²) in [7, 11) is 1.82. The average molecular weight is 402 g/mol. The van der Waals surface area contributed by atoms with E-state index in [9.17, 15) is 9.59 Å². The largest absolute Gasteiger partial charge is 0.369 e. The van der Waals surface area contributed by atoms with E-state index in [1.165, 1.54) is 0 Å². The Morgan fingerprint density at radius 3 is 2.79 bits per heavy atom. The molecular formula is C20H24ClN5O2. The van der Waals surface area contributed by atoms with Gasteiger partial charge in [0.1, 0.15) is 5.82 Å². The molecule has 7 nitrogen and oxygen atoms in total. The van der Waals surface area contributed by atoms with Crippen LogP contribution >= 0.6 is 11.6 Å². The van der Waals surface area contributed by atoms with Gasteiger partial charge in [-0.2, -0.15) is 5.10 Å². The highest BCUT2D eigenvalue weighted by Crippen LogP contribution is 2.41. The minimum Gasteiger partial charge on any atom is -0.369 e. The van der Waals surface area contributed by atoms with Gasteiger partial charge >= 0.3 is 0 Å². The molecule has 2 aromatic rings. The van der Waals surface area contributed by atoms with E-state index in [-0.39, 0.29) is 29.6 Å². The summed E-state index contributed by atoms with van der Waals surface area (Å²) < 4.78 is 1.69. The van der Waals surface area contributed by atoms with Gasteiger partial charge in [0.2, 0.25) is 11.8 Å². The summed E-state index contributed by atoms with van der Waals surface area (Å²) in [6, 6.07) is 7.69. The number of aryl methyl sites for hydroxylation is 1. The molecule has 28 heavy (non-hydrogen) atoms. The smallest absolute Gasteiger partial charge is 0.230 e. The number of nitrogens with two attached hydrogens (primary N) is 1. The van der Waals surface area contributed by atoms with Crippen LogP contribution in [-0.2, 0) is 23.2 Å². The topological polar surface area (TPSA) is 93.2 Å². The fourth-order valence-electron chi connectivity index (χ4n) is 4.34. The molecule has 1 aliphatic carbocycles. The summed E-state index contributed by atoms with van der Waals surface area (Å²) in [5.41, 5.74) is 7.94. The van der Waals surface area contributed by atoms with Gasteiger partial charge in [-0.1, -0.05) is 30.7 Å². The van der Waals surface area contributed by atoms with Crippen LogP contribution in [0, 0.1) is 17.8 Å². The van der Waals surface area contributed by atoms with Gasteiger partial charge in [0.25, 0.3) is 0 Å². The Bertz CT molecular complexity index is 941. The number of hydrogen-bond acceptors (Lipinski definition) is 4. The molecule has 2 aliphatic rings. The number of nitrogens with one attached hydrogen (secondary N) is 1. The Morgan fingerprint density at radius 1 is 1.29 bits per heavy atom. The van der Waals surface area contributed by atoms with E-state index in [2.05, 4.69) is 17.3 Å². The van der Waals surface area contributed by atoms with Crippen LogP contribution in [0.5, 0.6) is 0 Å². The highest BCUT2D eigenvalue weighted by molar-refractivity contribution is 6.30. The molecule has 4 rings (SSSR count). The number of halogens is 1. The zero-order valence-electron chi connectivity index (χ0n) is 16.0. The summed E-state index contributed by atoms with van der Waals surface area (Å²) >= 11 is 6.36. The molecule has 0 bridgehead atoms. The van der Waals surface area contributed by atoms with Crippen molar-refractivity contribution in [1.82, 2.24) is 9.78 Å². The lowest BCUT2D eigenvalue weighted by molar-refractivity contribution is -0.128. The zero-order chi connectivity index (χ0) is 20.0. The number of nitrogens with zero attached hydrogens (tertiary/aromatic N) is 3. The van der Waals surface area contributed by atoms with Crippen LogP contribution in [0.1, 0.15) is 31.7 Å². The number of benzene rings is 1. The highest BCUT2D eigenvalue weighted by atomic mass is 35.5. The van der Waals surface area contributed by atoms with Crippen LogP contribution in [0.4, 0.5) is 17.2 Å². The van der Waals surface area contributed by atoms with Gasteiger partial charge in [0.15, 0.2) is 5.15 Å². The normalized spacial score (nSPS) is 24.0. The number of hydrogen-bond donors (Lipinski definition) is 2. The maximum Gasteiger partial charge on any atom is 0.230 e. The van der Waals surface area contributed by atoms with Crippen LogP contribution in [0.15, 0.2) is 24.3 Å². The van der Waals surface area contributed by atoms with Gasteiger partial charge in [-0.15, -0.1) is 0 Å². The van der Waals surface area contributed by atoms with Crippen molar-refractivity contribution in [1.29, 1.82) is 0 Å². The van der Waals surface area contributed by atoms with Crippen molar-refractivity contribution in [3.63, 3.8) is 0 Å². The summed E-state index contributed by atoms with van der Waals surface area (Å²) in [4.78, 5) is 27.1. The van der Waals surface area contributed by atoms with E-state index in [0.29, 0.717) is 18.1 Å². The van der Waals surface area contributed by atoms with Gasteiger partial charge < -0.3 is 16.0 Å². The monoisotopic (exact) mass is 401 g/mol. The third-order valence-electron chi connectivity index (χ3n) is 6.04. The molecular weight excluding hydrogens is 378 g/mol. The van der Waals surface area contributed by atoms with Crippen LogP contribution < -0.4 is 16.0 Å². The minimum absolute atomic E-state index is 0.000435. The standard InChI is InChI=1S/C20H24ClN5O2/c1-11-7-8-12(18(22)27)9-13(11)20(28)26-10-14-17(21)24-25(2)19(14)23-15-5-3-4-6-16(15)26/h3-6,11-13,23H,7-10H2,1-2H3,(H2,22,27). The van der Waals surface area contributed by atoms with Crippen LogP contribution in [0.3, 0.4) is 0 Å². The first-order valence-electron chi connectivity index (χ1n) is 9.55. The van der Waals surface area contributed by atoms with E-state index < -0.39 is 0 Å². The third-order valence-corrected chi connectivity index (χ3v) is 6.35. The summed E-state index contributed by atoms with van der Waals surface area (Å²) in [5, 5.41) is 8.03. The molecule has 8 heteroatoms. The maximum atomic E-state index is 13.7. The number of amides is 2. The molecule has 1 fully saturated rings. The first-order chi connectivity index (χ1) is 13.4. The Labute approximate surface area is 168 Å². The third kappa shape index (κ3) is 3.13. The van der Waals surface area contributed by atoms with Gasteiger partial charge in [0.05, 0.1) is 23.5 Å². The molecule has 1 aromatic heterocycles. The van der Waals surface area contributed by atoms with Crippen molar-refractivity contribution >= 4 is 40.6 Å². The minimum atomic E-state index is -0.319. The van der Waals surface area contributed by atoms with Crippen molar-refractivity contribution < 1.29 is 9.59 Å². The molecule has 3 atom stereocenters. The number of fused-ring (bicyclic) bond motifs is 2. The van der Waals surface area contributed by atoms with Crippen LogP contribution in [0.25, 0.3) is 0 Å². The van der Waals surface area contributed by atoms with Gasteiger partial charge in [0, 0.05) is 18.9 Å². The molecule has 0 radical (unpaired) electrons. The second-order valence-corrected chi connectivity index (χ2v) is 8.16. The maximum absolute atomic E-state index is 13.7. The number of primary amides is 1. The number of rotatable bonds is 2. The van der Waals surface area contributed by atoms with Crippen molar-refractivity contribution in [3.8, 4) is 0 Å². The Kier molecular flexibility index (Phi) is 4.79. The number of para-hydroxylation sites is 2. The fourth-order valence-corrected chi connectivity index (χ4v) is 4.60. The van der Waals surface area contributed by atoms with Crippen molar-refractivity contribution in [2.24, 2.45) is 30.5 Å². The number of anilines is 3. The molecule has 2 heterocycles. The van der Waals surface area contributed by atoms with E-state index in [1.807, 2.05) is 31.3 Å². The lowest BCUT2D eigenvalue weighted by atomic mass is 9.74. The molecule has 148 valence electrons. The van der Waals surface area contributed by atoms with E-state index in [0.717, 1.165) is 35.6 Å². The van der Waals surface area contributed by atoms with E-state index in [1.54, 1.807) is 9.58 Å². The van der Waals surface area contributed by atoms with Gasteiger partial charge in [-0.25, -0.2) is 0 Å². The molecule has 3 N–H and O–H groups in total. The lowest BCUT2D eigenvalue weighted by Crippen LogP contribution is -2.42. The lowest BCUT2D eigenvalue weighted by Gasteiger charge is -2.35. The van der Waals surface area contributed by atoms with Gasteiger partial charge in [-0.3, -0.25) is 14.3 Å². The van der Waals surface area contributed by atoms with Crippen LogP contribution in [0.2, 0.25) is 5.15 Å². The number of carbonyl (C=O) groups is 2. The summed E-state index contributed by atoms with van der Waals surface area (Å²) in [6.45, 7) is 2.40. The predicted octanol–water partition coefficient (Wildman–Crippen LogP) is 3.20. The molecule has 0 saturated heterocycles. The molecule has 0 spiro atoms. The SMILES string of the molecule is CC1CCC(C(N)=O)CC1C(=O)N1Cc2c(Cl)nn(C)c2Nc2ccccc21. The first kappa shape index (κ1) is 18.8. The molecule has 3 unspecified atom stereocenters. The van der Waals surface area contributed by atoms with Gasteiger partial charge in [-0.05, 0) is 37.3 Å². The number of aromatic nitrogens is 2. The number of carbonyl (C=O) groups excluding carboxylic acids is 2. The molecule has 2 amide bonds. The average Bonchev–Trinajstić information content (AvgIpc) is 2.84. The fraction of sp³-hybridized carbons (Fsp3) is 0.450. The summed E-state index contributed by atoms with van der Waals surface area (Å²) in [5.74, 6) is 0.148. The molecule has 1 saturated carbocycles. The Hall–Kier alpha value is -2.54. The van der Waals surface area contributed by atoms with E-state index in [4.69, 9.17) is 17.3 Å². The highest BCUT2D eigenvalue weighted by Gasteiger charge is 2.39. The second-order valence-electron chi connectivity index (χ2n) is 7.80. The first-order valence-corrected chi connectivity index (χ1v) is 9.92. The Balaban J connectivity index is 1.74. The molecule has 1 aliphatic heterocycles. The van der Waals surface area contributed by atoms with Crippen molar-refractivity contribution in [3.05, 3.63) is 35.0 Å². The zero-order valence-corrected chi connectivity index (χ0v) is 16.7. The quantitative estimate of drug-likeness (QED) is 0.808.